The van der Waals surface area contributed by atoms with Gasteiger partial charge in [0.1, 0.15) is 0 Å². The molecule has 4 aliphatic carbocycles. The average molecular weight is 178 g/mol. The molecule has 3 unspecified atom stereocenters. The normalized spacial score (nSPS) is 48.3. The van der Waals surface area contributed by atoms with Gasteiger partial charge in [0.15, 0.2) is 0 Å². The van der Waals surface area contributed by atoms with Crippen molar-refractivity contribution in [1.29, 1.82) is 0 Å². The maximum absolute atomic E-state index is 11.3. The molecular formula is C11H16NO. The first-order valence-electron chi connectivity index (χ1n) is 5.38. The molecule has 2 nitrogen and oxygen atoms in total. The van der Waals surface area contributed by atoms with Crippen LogP contribution >= 0.6 is 0 Å². The summed E-state index contributed by atoms with van der Waals surface area (Å²) in [5.41, 5.74) is 5.46. The van der Waals surface area contributed by atoms with Crippen LogP contribution in [0, 0.1) is 29.6 Å². The minimum atomic E-state index is -0.0567. The number of carbonyl (C=O) groups excluding carboxylic acids is 1. The van der Waals surface area contributed by atoms with E-state index in [2.05, 4.69) is 0 Å². The van der Waals surface area contributed by atoms with E-state index in [1.165, 1.54) is 38.0 Å². The van der Waals surface area contributed by atoms with Gasteiger partial charge in [-0.3, -0.25) is 4.79 Å². The Bertz CT molecular complexity index is 220. The number of amides is 1. The van der Waals surface area contributed by atoms with Crippen molar-refractivity contribution in [2.75, 3.05) is 0 Å². The molecule has 0 heterocycles. The highest BCUT2D eigenvalue weighted by Gasteiger charge is 2.50. The highest BCUT2D eigenvalue weighted by molar-refractivity contribution is 5.79. The smallest absolute Gasteiger partial charge is 0.221 e. The molecule has 1 amide bonds. The predicted octanol–water partition coefficient (Wildman–Crippen LogP) is 1.50. The summed E-state index contributed by atoms with van der Waals surface area (Å²) >= 11 is 0. The maximum Gasteiger partial charge on any atom is 0.221 e. The standard InChI is InChI=1S/C11H16NO/c12-11(13)10-8-2-6-1-7(4-8)5-9(10)3-6/h6-8,10H,1-5H2,(H2,12,13). The average Bonchev–Trinajstić information content (AvgIpc) is 2.00. The van der Waals surface area contributed by atoms with Crippen molar-refractivity contribution < 1.29 is 4.79 Å². The van der Waals surface area contributed by atoms with Gasteiger partial charge >= 0.3 is 0 Å². The van der Waals surface area contributed by atoms with Crippen LogP contribution in [0.3, 0.4) is 0 Å². The Morgan fingerprint density at radius 3 is 2.23 bits per heavy atom. The van der Waals surface area contributed by atoms with E-state index in [-0.39, 0.29) is 11.8 Å². The molecular weight excluding hydrogens is 162 g/mol. The van der Waals surface area contributed by atoms with E-state index in [1.807, 2.05) is 0 Å². The summed E-state index contributed by atoms with van der Waals surface area (Å²) < 4.78 is 0. The van der Waals surface area contributed by atoms with E-state index < -0.39 is 0 Å². The fraction of sp³-hybridized carbons (Fsp3) is 0.818. The van der Waals surface area contributed by atoms with Crippen molar-refractivity contribution in [2.45, 2.75) is 32.1 Å². The zero-order valence-electron chi connectivity index (χ0n) is 7.83. The van der Waals surface area contributed by atoms with Crippen LogP contribution in [-0.4, -0.2) is 5.91 Å². The number of nitrogens with two attached hydrogens (primary N) is 1. The zero-order valence-corrected chi connectivity index (χ0v) is 7.83. The Morgan fingerprint density at radius 2 is 1.77 bits per heavy atom. The molecule has 0 aliphatic heterocycles. The first-order valence-corrected chi connectivity index (χ1v) is 5.38. The molecule has 71 valence electrons. The lowest BCUT2D eigenvalue weighted by Gasteiger charge is -2.53. The van der Waals surface area contributed by atoms with Gasteiger partial charge in [-0.1, -0.05) is 0 Å². The molecule has 4 bridgehead atoms. The molecule has 1 radical (unpaired) electrons. The van der Waals surface area contributed by atoms with Crippen molar-refractivity contribution in [3.05, 3.63) is 5.92 Å². The van der Waals surface area contributed by atoms with Gasteiger partial charge in [-0.05, 0) is 55.8 Å². The molecule has 4 rings (SSSR count). The van der Waals surface area contributed by atoms with Crippen LogP contribution in [0.15, 0.2) is 0 Å². The van der Waals surface area contributed by atoms with Crippen LogP contribution in [-0.2, 0) is 4.79 Å². The highest BCUT2D eigenvalue weighted by Crippen LogP contribution is 2.57. The van der Waals surface area contributed by atoms with E-state index >= 15 is 0 Å². The molecule has 0 aromatic rings. The van der Waals surface area contributed by atoms with Crippen molar-refractivity contribution in [3.8, 4) is 0 Å². The van der Waals surface area contributed by atoms with Gasteiger partial charge in [0.05, 0.1) is 0 Å². The molecule has 2 N–H and O–H groups in total. The van der Waals surface area contributed by atoms with Crippen molar-refractivity contribution in [1.82, 2.24) is 0 Å². The lowest BCUT2D eigenvalue weighted by molar-refractivity contribution is -0.126. The van der Waals surface area contributed by atoms with Gasteiger partial charge < -0.3 is 5.73 Å². The quantitative estimate of drug-likeness (QED) is 0.649. The number of primary amides is 1. The fourth-order valence-corrected chi connectivity index (χ4v) is 4.07. The molecule has 13 heavy (non-hydrogen) atoms. The fourth-order valence-electron chi connectivity index (χ4n) is 4.07. The third kappa shape index (κ3) is 1.04. The topological polar surface area (TPSA) is 43.1 Å². The van der Waals surface area contributed by atoms with Crippen molar-refractivity contribution in [3.63, 3.8) is 0 Å². The van der Waals surface area contributed by atoms with Crippen molar-refractivity contribution in [2.24, 2.45) is 29.4 Å². The molecule has 0 aromatic heterocycles. The molecule has 0 aromatic carbocycles. The minimum Gasteiger partial charge on any atom is -0.369 e. The summed E-state index contributed by atoms with van der Waals surface area (Å²) in [5.74, 6) is 4.04. The summed E-state index contributed by atoms with van der Waals surface area (Å²) in [6, 6.07) is 0. The van der Waals surface area contributed by atoms with Gasteiger partial charge in [-0.2, -0.15) is 0 Å². The second-order valence-corrected chi connectivity index (χ2v) is 5.15. The molecule has 4 fully saturated rings. The Labute approximate surface area is 78.9 Å². The van der Waals surface area contributed by atoms with Gasteiger partial charge in [-0.25, -0.2) is 0 Å². The van der Waals surface area contributed by atoms with Gasteiger partial charge in [0, 0.05) is 5.92 Å². The van der Waals surface area contributed by atoms with E-state index in [0.29, 0.717) is 5.92 Å². The molecule has 0 saturated heterocycles. The molecule has 3 atom stereocenters. The van der Waals surface area contributed by atoms with Gasteiger partial charge in [0.2, 0.25) is 5.91 Å². The van der Waals surface area contributed by atoms with Crippen LogP contribution < -0.4 is 5.73 Å². The molecule has 0 spiro atoms. The monoisotopic (exact) mass is 178 g/mol. The zero-order chi connectivity index (χ0) is 9.00. The summed E-state index contributed by atoms with van der Waals surface area (Å²) in [7, 11) is 0. The van der Waals surface area contributed by atoms with E-state index in [4.69, 9.17) is 5.73 Å². The number of rotatable bonds is 1. The largest absolute Gasteiger partial charge is 0.369 e. The van der Waals surface area contributed by atoms with Crippen LogP contribution in [0.4, 0.5) is 0 Å². The predicted molar refractivity (Wildman–Crippen MR) is 49.5 cm³/mol. The van der Waals surface area contributed by atoms with E-state index in [1.54, 1.807) is 0 Å². The lowest BCUT2D eigenvalue weighted by atomic mass is 9.52. The summed E-state index contributed by atoms with van der Waals surface area (Å²) in [5, 5.41) is 0. The summed E-state index contributed by atoms with van der Waals surface area (Å²) in [6.45, 7) is 0. The van der Waals surface area contributed by atoms with Crippen molar-refractivity contribution >= 4 is 5.91 Å². The highest BCUT2D eigenvalue weighted by atomic mass is 16.1. The lowest BCUT2D eigenvalue weighted by Crippen LogP contribution is -2.48. The molecule has 4 saturated carbocycles. The number of hydrogen-bond donors (Lipinski definition) is 1. The number of carbonyl (C=O) groups is 1. The van der Waals surface area contributed by atoms with E-state index in [0.717, 1.165) is 11.8 Å². The van der Waals surface area contributed by atoms with Crippen LogP contribution in [0.2, 0.25) is 0 Å². The third-order valence-corrected chi connectivity index (χ3v) is 4.26. The second-order valence-electron chi connectivity index (χ2n) is 5.15. The molecule has 2 heteroatoms. The maximum atomic E-state index is 11.3. The van der Waals surface area contributed by atoms with Crippen LogP contribution in [0.5, 0.6) is 0 Å². The first kappa shape index (κ1) is 7.84. The minimum absolute atomic E-state index is 0.0567. The Hall–Kier alpha value is -0.530. The van der Waals surface area contributed by atoms with Crippen LogP contribution in [0.1, 0.15) is 32.1 Å². The third-order valence-electron chi connectivity index (χ3n) is 4.26. The van der Waals surface area contributed by atoms with Gasteiger partial charge in [0.25, 0.3) is 0 Å². The van der Waals surface area contributed by atoms with Gasteiger partial charge in [-0.15, -0.1) is 0 Å². The summed E-state index contributed by atoms with van der Waals surface area (Å²) in [6.07, 6.45) is 6.38. The Balaban J connectivity index is 1.89. The van der Waals surface area contributed by atoms with Crippen LogP contribution in [0.25, 0.3) is 0 Å². The Kier molecular flexibility index (Phi) is 1.50. The van der Waals surface area contributed by atoms with E-state index in [9.17, 15) is 4.79 Å². The SMILES string of the molecule is NC(=O)C1[C]2CC3CC(C2)CC1C3. The molecule has 4 aliphatic rings. The summed E-state index contributed by atoms with van der Waals surface area (Å²) in [4.78, 5) is 11.3. The first-order chi connectivity index (χ1) is 6.24. The number of hydrogen-bond acceptors (Lipinski definition) is 1. The Morgan fingerprint density at radius 1 is 1.15 bits per heavy atom. The second kappa shape index (κ2) is 2.49.